The van der Waals surface area contributed by atoms with E-state index in [0.717, 1.165) is 25.7 Å². The highest BCUT2D eigenvalue weighted by molar-refractivity contribution is 8.02. The summed E-state index contributed by atoms with van der Waals surface area (Å²) in [7, 11) is 1.64. The number of carbonyl (C=O) groups is 1. The predicted molar refractivity (Wildman–Crippen MR) is 120 cm³/mol. The molecule has 2 aromatic carbocycles. The van der Waals surface area contributed by atoms with Crippen molar-refractivity contribution in [1.29, 1.82) is 0 Å². The molecule has 30 heavy (non-hydrogen) atoms. The molecule has 156 valence electrons. The zero-order valence-electron chi connectivity index (χ0n) is 15.9. The number of para-hydroxylation sites is 2. The molecule has 0 aliphatic rings. The number of nitrogens with one attached hydrogen (secondary N) is 1. The summed E-state index contributed by atoms with van der Waals surface area (Å²) >= 11 is 4.52. The van der Waals surface area contributed by atoms with Crippen LogP contribution in [0, 0.1) is 10.1 Å². The first-order chi connectivity index (χ1) is 14.5. The topological polar surface area (TPSA) is 107 Å². The monoisotopic (exact) mass is 462 g/mol. The molecule has 1 amide bonds. The van der Waals surface area contributed by atoms with E-state index in [9.17, 15) is 14.9 Å². The van der Waals surface area contributed by atoms with Crippen LogP contribution in [0.15, 0.2) is 57.2 Å². The Labute approximate surface area is 185 Å². The van der Waals surface area contributed by atoms with Crippen LogP contribution in [0.5, 0.6) is 5.75 Å². The molecule has 0 aliphatic carbocycles. The lowest BCUT2D eigenvalue weighted by molar-refractivity contribution is -0.383. The van der Waals surface area contributed by atoms with Crippen molar-refractivity contribution in [2.75, 3.05) is 18.2 Å². The molecule has 1 heterocycles. The second kappa shape index (κ2) is 11.0. The van der Waals surface area contributed by atoms with Gasteiger partial charge in [-0.1, -0.05) is 59.1 Å². The van der Waals surface area contributed by atoms with Crippen LogP contribution in [0.25, 0.3) is 0 Å². The molecule has 0 radical (unpaired) electrons. The smallest absolute Gasteiger partial charge is 0.292 e. The molecule has 3 aromatic rings. The van der Waals surface area contributed by atoms with E-state index in [4.69, 9.17) is 4.74 Å². The maximum atomic E-state index is 12.1. The van der Waals surface area contributed by atoms with Crippen LogP contribution in [0.1, 0.15) is 12.0 Å². The van der Waals surface area contributed by atoms with Gasteiger partial charge in [0.05, 0.1) is 12.0 Å². The SMILES string of the molecule is COc1ccc(CSc2nnc(SCCC(=O)Nc3ccccc3[N+](=O)[O-])s2)cc1. The Morgan fingerprint density at radius 2 is 1.83 bits per heavy atom. The molecule has 0 spiro atoms. The van der Waals surface area contributed by atoms with E-state index in [1.807, 2.05) is 24.3 Å². The summed E-state index contributed by atoms with van der Waals surface area (Å²) in [5.41, 5.74) is 1.24. The summed E-state index contributed by atoms with van der Waals surface area (Å²) < 4.78 is 6.79. The van der Waals surface area contributed by atoms with E-state index in [0.29, 0.717) is 5.75 Å². The number of benzene rings is 2. The Balaban J connectivity index is 1.43. The molecule has 1 N–H and O–H groups in total. The highest BCUT2D eigenvalue weighted by Crippen LogP contribution is 2.31. The van der Waals surface area contributed by atoms with Gasteiger partial charge in [0.25, 0.3) is 5.69 Å². The number of nitro groups is 1. The van der Waals surface area contributed by atoms with Gasteiger partial charge in [-0.3, -0.25) is 14.9 Å². The zero-order chi connectivity index (χ0) is 21.3. The number of methoxy groups -OCH3 is 1. The Hall–Kier alpha value is -2.63. The van der Waals surface area contributed by atoms with Crippen LogP contribution in [-0.4, -0.2) is 33.9 Å². The lowest BCUT2D eigenvalue weighted by atomic mass is 10.2. The Morgan fingerprint density at radius 1 is 1.13 bits per heavy atom. The molecule has 0 aliphatic heterocycles. The molecular formula is C19H18N4O4S3. The highest BCUT2D eigenvalue weighted by Gasteiger charge is 2.15. The fraction of sp³-hybridized carbons (Fsp3) is 0.211. The number of hydrogen-bond donors (Lipinski definition) is 1. The third-order valence-corrected chi connectivity index (χ3v) is 7.10. The van der Waals surface area contributed by atoms with Crippen LogP contribution in [-0.2, 0) is 10.5 Å². The van der Waals surface area contributed by atoms with Gasteiger partial charge in [0, 0.05) is 24.0 Å². The minimum atomic E-state index is -0.517. The molecule has 0 unspecified atom stereocenters. The molecular weight excluding hydrogens is 444 g/mol. The van der Waals surface area contributed by atoms with Crippen molar-refractivity contribution in [1.82, 2.24) is 10.2 Å². The average Bonchev–Trinajstić information content (AvgIpc) is 3.20. The summed E-state index contributed by atoms with van der Waals surface area (Å²) in [6.07, 6.45) is 0.213. The van der Waals surface area contributed by atoms with Crippen molar-refractivity contribution in [2.45, 2.75) is 20.9 Å². The van der Waals surface area contributed by atoms with Crippen molar-refractivity contribution in [3.05, 3.63) is 64.2 Å². The van der Waals surface area contributed by atoms with Gasteiger partial charge in [0.15, 0.2) is 8.68 Å². The van der Waals surface area contributed by atoms with Gasteiger partial charge in [-0.15, -0.1) is 10.2 Å². The van der Waals surface area contributed by atoms with E-state index in [-0.39, 0.29) is 23.7 Å². The molecule has 8 nitrogen and oxygen atoms in total. The summed E-state index contributed by atoms with van der Waals surface area (Å²) in [5.74, 6) is 1.82. The number of aromatic nitrogens is 2. The molecule has 0 saturated heterocycles. The van der Waals surface area contributed by atoms with Gasteiger partial charge in [0.1, 0.15) is 11.4 Å². The van der Waals surface area contributed by atoms with Crippen molar-refractivity contribution >= 4 is 52.1 Å². The van der Waals surface area contributed by atoms with Gasteiger partial charge in [0.2, 0.25) is 5.91 Å². The van der Waals surface area contributed by atoms with E-state index in [1.54, 1.807) is 31.0 Å². The Morgan fingerprint density at radius 3 is 2.53 bits per heavy atom. The van der Waals surface area contributed by atoms with Gasteiger partial charge in [-0.2, -0.15) is 0 Å². The molecule has 11 heteroatoms. The van der Waals surface area contributed by atoms with Crippen molar-refractivity contribution in [3.63, 3.8) is 0 Å². The number of anilines is 1. The first-order valence-corrected chi connectivity index (χ1v) is 11.6. The number of rotatable bonds is 10. The number of nitro benzene ring substituents is 1. The quantitative estimate of drug-likeness (QED) is 0.258. The molecule has 3 rings (SSSR count). The Kier molecular flexibility index (Phi) is 8.05. The van der Waals surface area contributed by atoms with E-state index in [2.05, 4.69) is 15.5 Å². The minimum absolute atomic E-state index is 0.124. The van der Waals surface area contributed by atoms with Gasteiger partial charge >= 0.3 is 0 Å². The molecule has 1 aromatic heterocycles. The molecule has 0 fully saturated rings. The van der Waals surface area contributed by atoms with Crippen LogP contribution < -0.4 is 10.1 Å². The first-order valence-electron chi connectivity index (χ1n) is 8.80. The van der Waals surface area contributed by atoms with Gasteiger partial charge in [-0.05, 0) is 23.8 Å². The average molecular weight is 463 g/mol. The number of amides is 1. The largest absolute Gasteiger partial charge is 0.497 e. The zero-order valence-corrected chi connectivity index (χ0v) is 18.4. The van der Waals surface area contributed by atoms with Gasteiger partial charge < -0.3 is 10.1 Å². The fourth-order valence-electron chi connectivity index (χ4n) is 2.36. The second-order valence-corrected chi connectivity index (χ2v) is 9.43. The van der Waals surface area contributed by atoms with Crippen molar-refractivity contribution in [2.24, 2.45) is 0 Å². The molecule has 0 saturated carbocycles. The fourth-order valence-corrected chi connectivity index (χ4v) is 5.35. The number of thioether (sulfide) groups is 2. The van der Waals surface area contributed by atoms with E-state index in [1.165, 1.54) is 35.2 Å². The highest BCUT2D eigenvalue weighted by atomic mass is 32.2. The number of carbonyl (C=O) groups excluding carboxylic acids is 1. The lowest BCUT2D eigenvalue weighted by Gasteiger charge is -2.05. The van der Waals surface area contributed by atoms with Crippen LogP contribution in [0.4, 0.5) is 11.4 Å². The maximum absolute atomic E-state index is 12.1. The minimum Gasteiger partial charge on any atom is -0.497 e. The van der Waals surface area contributed by atoms with E-state index < -0.39 is 4.92 Å². The number of hydrogen-bond acceptors (Lipinski definition) is 9. The number of ether oxygens (including phenoxy) is 1. The standard InChI is InChI=1S/C19H18N4O4S3/c1-27-14-8-6-13(7-9-14)12-29-19-22-21-18(30-19)28-11-10-17(24)20-15-4-2-3-5-16(15)23(25)26/h2-9H,10-12H2,1H3,(H,20,24). The third kappa shape index (κ3) is 6.44. The maximum Gasteiger partial charge on any atom is 0.292 e. The first kappa shape index (κ1) is 22.1. The predicted octanol–water partition coefficient (Wildman–Crippen LogP) is 4.87. The third-order valence-electron chi connectivity index (χ3n) is 3.84. The molecule has 0 bridgehead atoms. The lowest BCUT2D eigenvalue weighted by Crippen LogP contribution is -2.13. The molecule has 0 atom stereocenters. The van der Waals surface area contributed by atoms with Gasteiger partial charge in [-0.25, -0.2) is 0 Å². The Bertz CT molecular complexity index is 1010. The van der Waals surface area contributed by atoms with E-state index >= 15 is 0 Å². The summed E-state index contributed by atoms with van der Waals surface area (Å²) in [6, 6.07) is 13.9. The summed E-state index contributed by atoms with van der Waals surface area (Å²) in [5, 5.41) is 21.9. The van der Waals surface area contributed by atoms with Crippen LogP contribution in [0.2, 0.25) is 0 Å². The summed E-state index contributed by atoms with van der Waals surface area (Å²) in [4.78, 5) is 22.6. The second-order valence-electron chi connectivity index (χ2n) is 5.89. The van der Waals surface area contributed by atoms with Crippen molar-refractivity contribution in [3.8, 4) is 5.75 Å². The normalized spacial score (nSPS) is 10.6. The van der Waals surface area contributed by atoms with Crippen LogP contribution in [0.3, 0.4) is 0 Å². The van der Waals surface area contributed by atoms with Crippen LogP contribution >= 0.6 is 34.9 Å². The van der Waals surface area contributed by atoms with Crippen molar-refractivity contribution < 1.29 is 14.5 Å². The summed E-state index contributed by atoms with van der Waals surface area (Å²) in [6.45, 7) is 0. The number of nitrogens with zero attached hydrogens (tertiary/aromatic N) is 3.